The fraction of sp³-hybridized carbons (Fsp3) is 0.103. The van der Waals surface area contributed by atoms with E-state index in [2.05, 4.69) is 6.58 Å². The van der Waals surface area contributed by atoms with E-state index >= 15 is 0 Å². The Labute approximate surface area is 212 Å². The van der Waals surface area contributed by atoms with Crippen molar-refractivity contribution in [2.24, 2.45) is 0 Å². The van der Waals surface area contributed by atoms with Crippen molar-refractivity contribution in [3.8, 4) is 28.0 Å². The van der Waals surface area contributed by atoms with E-state index in [0.29, 0.717) is 24.6 Å². The van der Waals surface area contributed by atoms with Crippen LogP contribution in [0, 0.1) is 34.9 Å². The SMILES string of the molecule is C=CCCc1ccc(-c2ccc(OC(F)(F)c3ccc(-c4cc(F)c(F)c(F)c4)c(F)c3)cc2)c(F)c1F. The van der Waals surface area contributed by atoms with Crippen molar-refractivity contribution in [1.82, 2.24) is 0 Å². The molecule has 38 heavy (non-hydrogen) atoms. The zero-order chi connectivity index (χ0) is 27.6. The average Bonchev–Trinajstić information content (AvgIpc) is 2.88. The third kappa shape index (κ3) is 5.41. The van der Waals surface area contributed by atoms with Gasteiger partial charge in [-0.05, 0) is 65.9 Å². The highest BCUT2D eigenvalue weighted by Crippen LogP contribution is 2.36. The molecule has 0 bridgehead atoms. The van der Waals surface area contributed by atoms with Crippen molar-refractivity contribution in [2.45, 2.75) is 19.0 Å². The maximum atomic E-state index is 14.7. The maximum Gasteiger partial charge on any atom is 0.426 e. The van der Waals surface area contributed by atoms with E-state index in [-0.39, 0.29) is 34.4 Å². The molecule has 0 atom stereocenters. The van der Waals surface area contributed by atoms with Crippen LogP contribution in [-0.4, -0.2) is 0 Å². The number of allylic oxidation sites excluding steroid dienone is 1. The molecule has 0 aliphatic heterocycles. The maximum absolute atomic E-state index is 14.7. The molecule has 0 unspecified atom stereocenters. The van der Waals surface area contributed by atoms with Gasteiger partial charge in [0.05, 0.1) is 5.56 Å². The number of hydrogen-bond acceptors (Lipinski definition) is 1. The highest BCUT2D eigenvalue weighted by atomic mass is 19.3. The first kappa shape index (κ1) is 26.9. The standard InChI is InChI=1S/C29H18F8O/c1-2-3-4-17-7-11-22(27(34)26(17)33)16-5-9-20(10-6-16)38-29(36,37)19-8-12-21(23(30)15-19)18-13-24(31)28(35)25(32)14-18/h2,5-15H,1,3-4H2. The van der Waals surface area contributed by atoms with Gasteiger partial charge in [-0.15, -0.1) is 6.58 Å². The Balaban J connectivity index is 1.54. The lowest BCUT2D eigenvalue weighted by atomic mass is 10.0. The van der Waals surface area contributed by atoms with E-state index in [1.165, 1.54) is 24.3 Å². The van der Waals surface area contributed by atoms with Gasteiger partial charge in [0.1, 0.15) is 11.6 Å². The van der Waals surface area contributed by atoms with E-state index in [4.69, 9.17) is 4.74 Å². The Morgan fingerprint density at radius 1 is 0.658 bits per heavy atom. The Hall–Kier alpha value is -4.14. The highest BCUT2D eigenvalue weighted by molar-refractivity contribution is 5.66. The van der Waals surface area contributed by atoms with Gasteiger partial charge < -0.3 is 4.74 Å². The van der Waals surface area contributed by atoms with Crippen molar-refractivity contribution in [3.63, 3.8) is 0 Å². The Morgan fingerprint density at radius 3 is 1.89 bits per heavy atom. The van der Waals surface area contributed by atoms with E-state index in [9.17, 15) is 35.1 Å². The second-order valence-corrected chi connectivity index (χ2v) is 8.32. The van der Waals surface area contributed by atoms with Crippen LogP contribution in [0.4, 0.5) is 35.1 Å². The first-order valence-corrected chi connectivity index (χ1v) is 11.2. The van der Waals surface area contributed by atoms with Crippen LogP contribution in [-0.2, 0) is 12.5 Å². The van der Waals surface area contributed by atoms with E-state index in [1.807, 2.05) is 0 Å². The van der Waals surface area contributed by atoms with Crippen LogP contribution in [0.5, 0.6) is 5.75 Å². The fourth-order valence-corrected chi connectivity index (χ4v) is 3.81. The van der Waals surface area contributed by atoms with Gasteiger partial charge in [-0.1, -0.05) is 36.4 Å². The molecule has 4 rings (SSSR count). The molecule has 0 saturated heterocycles. The highest BCUT2D eigenvalue weighted by Gasteiger charge is 2.35. The van der Waals surface area contributed by atoms with Crippen molar-refractivity contribution in [1.29, 1.82) is 0 Å². The molecule has 0 fully saturated rings. The number of halogens is 8. The van der Waals surface area contributed by atoms with Crippen molar-refractivity contribution >= 4 is 0 Å². The topological polar surface area (TPSA) is 9.23 Å². The van der Waals surface area contributed by atoms with Gasteiger partial charge in [0, 0.05) is 11.1 Å². The number of aryl methyl sites for hydroxylation is 1. The Morgan fingerprint density at radius 2 is 1.29 bits per heavy atom. The molecule has 0 heterocycles. The molecule has 4 aromatic carbocycles. The molecule has 0 amide bonds. The van der Waals surface area contributed by atoms with Crippen LogP contribution in [0.2, 0.25) is 0 Å². The molecule has 0 spiro atoms. The van der Waals surface area contributed by atoms with Crippen LogP contribution in [0.25, 0.3) is 22.3 Å². The van der Waals surface area contributed by atoms with Crippen LogP contribution < -0.4 is 4.74 Å². The van der Waals surface area contributed by atoms with Crippen LogP contribution in [0.15, 0.2) is 79.4 Å². The van der Waals surface area contributed by atoms with E-state index in [0.717, 1.165) is 24.3 Å². The predicted molar refractivity (Wildman–Crippen MR) is 127 cm³/mol. The summed E-state index contributed by atoms with van der Waals surface area (Å²) in [5.41, 5.74) is -1.41. The van der Waals surface area contributed by atoms with Gasteiger partial charge in [0.15, 0.2) is 29.1 Å². The first-order valence-electron chi connectivity index (χ1n) is 11.2. The van der Waals surface area contributed by atoms with E-state index < -0.39 is 52.1 Å². The third-order valence-electron chi connectivity index (χ3n) is 5.79. The minimum absolute atomic E-state index is 0.0745. The summed E-state index contributed by atoms with van der Waals surface area (Å²) in [4.78, 5) is 0. The summed E-state index contributed by atoms with van der Waals surface area (Å²) >= 11 is 0. The second-order valence-electron chi connectivity index (χ2n) is 8.32. The first-order chi connectivity index (χ1) is 18.0. The summed E-state index contributed by atoms with van der Waals surface area (Å²) in [5.74, 6) is -8.56. The predicted octanol–water partition coefficient (Wildman–Crippen LogP) is 9.10. The molecule has 9 heteroatoms. The molecule has 4 aromatic rings. The molecular weight excluding hydrogens is 516 g/mol. The summed E-state index contributed by atoms with van der Waals surface area (Å²) in [7, 11) is 0. The Kier molecular flexibility index (Phi) is 7.57. The van der Waals surface area contributed by atoms with Crippen molar-refractivity contribution in [3.05, 3.63) is 125 Å². The quantitative estimate of drug-likeness (QED) is 0.124. The van der Waals surface area contributed by atoms with Crippen LogP contribution in [0.1, 0.15) is 17.5 Å². The minimum atomic E-state index is -4.04. The number of rotatable bonds is 8. The van der Waals surface area contributed by atoms with Crippen LogP contribution >= 0.6 is 0 Å². The summed E-state index contributed by atoms with van der Waals surface area (Å²) in [6.45, 7) is 3.54. The second kappa shape index (κ2) is 10.7. The molecule has 1 nitrogen and oxygen atoms in total. The van der Waals surface area contributed by atoms with Crippen molar-refractivity contribution < 1.29 is 39.9 Å². The number of alkyl halides is 2. The minimum Gasteiger partial charge on any atom is -0.429 e. The van der Waals surface area contributed by atoms with E-state index in [1.54, 1.807) is 6.08 Å². The number of hydrogen-bond donors (Lipinski definition) is 0. The average molecular weight is 534 g/mol. The molecule has 0 aromatic heterocycles. The Bertz CT molecular complexity index is 1470. The van der Waals surface area contributed by atoms with Gasteiger partial charge in [0.25, 0.3) is 0 Å². The van der Waals surface area contributed by atoms with Gasteiger partial charge >= 0.3 is 6.11 Å². The number of benzene rings is 4. The molecule has 196 valence electrons. The largest absolute Gasteiger partial charge is 0.429 e. The van der Waals surface area contributed by atoms with Gasteiger partial charge in [-0.2, -0.15) is 8.78 Å². The monoisotopic (exact) mass is 534 g/mol. The normalized spacial score (nSPS) is 11.5. The van der Waals surface area contributed by atoms with Crippen molar-refractivity contribution in [2.75, 3.05) is 0 Å². The lowest BCUT2D eigenvalue weighted by Crippen LogP contribution is -2.22. The molecular formula is C29H18F8O. The van der Waals surface area contributed by atoms with Gasteiger partial charge in [-0.3, -0.25) is 0 Å². The third-order valence-corrected chi connectivity index (χ3v) is 5.79. The van der Waals surface area contributed by atoms with Gasteiger partial charge in [0.2, 0.25) is 0 Å². The lowest BCUT2D eigenvalue weighted by molar-refractivity contribution is -0.185. The molecule has 0 N–H and O–H groups in total. The summed E-state index contributed by atoms with van der Waals surface area (Å²) < 4.78 is 118. The zero-order valence-corrected chi connectivity index (χ0v) is 19.5. The summed E-state index contributed by atoms with van der Waals surface area (Å²) in [6, 6.07) is 10.7. The molecule has 0 radical (unpaired) electrons. The summed E-state index contributed by atoms with van der Waals surface area (Å²) in [6.07, 6.45) is -1.72. The number of ether oxygens (including phenoxy) is 1. The molecule has 0 aliphatic rings. The lowest BCUT2D eigenvalue weighted by Gasteiger charge is -2.19. The summed E-state index contributed by atoms with van der Waals surface area (Å²) in [5, 5.41) is 0. The zero-order valence-electron chi connectivity index (χ0n) is 19.5. The molecule has 0 saturated carbocycles. The van der Waals surface area contributed by atoms with Gasteiger partial charge in [-0.25, -0.2) is 26.3 Å². The smallest absolute Gasteiger partial charge is 0.426 e. The fourth-order valence-electron chi connectivity index (χ4n) is 3.81. The molecule has 0 aliphatic carbocycles. The van der Waals surface area contributed by atoms with Crippen LogP contribution in [0.3, 0.4) is 0 Å².